The summed E-state index contributed by atoms with van der Waals surface area (Å²) >= 11 is 0. The Morgan fingerprint density at radius 3 is 2.07 bits per heavy atom. The van der Waals surface area contributed by atoms with Crippen LogP contribution in [-0.4, -0.2) is 39.7 Å². The minimum Gasteiger partial charge on any atom is -0.397 e. The number of H-pyrrole nitrogens is 1. The molecule has 3 amide bonds. The van der Waals surface area contributed by atoms with Gasteiger partial charge in [0.1, 0.15) is 5.69 Å². The number of nitrogens with one attached hydrogen (secondary N) is 4. The number of imidazole rings is 1. The van der Waals surface area contributed by atoms with Crippen LogP contribution in [0.2, 0.25) is 0 Å². The lowest BCUT2D eigenvalue weighted by molar-refractivity contribution is 0.0943. The van der Waals surface area contributed by atoms with Gasteiger partial charge in [-0.15, -0.1) is 0 Å². The number of benzene rings is 1. The van der Waals surface area contributed by atoms with Crippen LogP contribution in [0.1, 0.15) is 31.5 Å². The monoisotopic (exact) mass is 379 g/mol. The third-order valence-corrected chi connectivity index (χ3v) is 3.76. The largest absolute Gasteiger partial charge is 0.397 e. The molecule has 2 aromatic heterocycles. The highest BCUT2D eigenvalue weighted by Gasteiger charge is 2.19. The number of hydrogen-bond donors (Lipinski definition) is 5. The quantitative estimate of drug-likeness (QED) is 0.449. The number of carbonyl (C=O) groups excluding carboxylic acids is 3. The highest BCUT2D eigenvalue weighted by Crippen LogP contribution is 2.17. The lowest BCUT2D eigenvalue weighted by atomic mass is 10.2. The topological polar surface area (TPSA) is 155 Å². The van der Waals surface area contributed by atoms with E-state index in [-0.39, 0.29) is 22.8 Å². The summed E-state index contributed by atoms with van der Waals surface area (Å²) in [6, 6.07) is 9.64. The predicted molar refractivity (Wildman–Crippen MR) is 103 cm³/mol. The molecular formula is C18H17N7O3. The van der Waals surface area contributed by atoms with Crippen molar-refractivity contribution < 1.29 is 14.4 Å². The molecule has 3 aromatic rings. The van der Waals surface area contributed by atoms with Gasteiger partial charge in [-0.25, -0.2) is 9.97 Å². The minimum atomic E-state index is -0.544. The van der Waals surface area contributed by atoms with Crippen LogP contribution in [0.15, 0.2) is 48.9 Å². The molecule has 0 radical (unpaired) electrons. The molecule has 6 N–H and O–H groups in total. The summed E-state index contributed by atoms with van der Waals surface area (Å²) in [6.07, 6.45) is 2.74. The van der Waals surface area contributed by atoms with Crippen molar-refractivity contribution in [3.05, 3.63) is 66.0 Å². The smallest absolute Gasteiger partial charge is 0.276 e. The first-order chi connectivity index (χ1) is 13.5. The van der Waals surface area contributed by atoms with E-state index in [4.69, 9.17) is 5.73 Å². The molecule has 0 unspecified atom stereocenters. The van der Waals surface area contributed by atoms with E-state index in [9.17, 15) is 14.4 Å². The van der Waals surface area contributed by atoms with Gasteiger partial charge in [0.25, 0.3) is 17.7 Å². The zero-order valence-corrected chi connectivity index (χ0v) is 14.8. The van der Waals surface area contributed by atoms with E-state index in [2.05, 4.69) is 30.9 Å². The normalized spacial score (nSPS) is 10.2. The molecule has 0 atom stereocenters. The molecular weight excluding hydrogens is 362 g/mol. The highest BCUT2D eigenvalue weighted by molar-refractivity contribution is 6.10. The van der Waals surface area contributed by atoms with Crippen molar-refractivity contribution in [1.29, 1.82) is 0 Å². The lowest BCUT2D eigenvalue weighted by Gasteiger charge is -2.08. The number of hydrogen-bond acceptors (Lipinski definition) is 6. The Morgan fingerprint density at radius 2 is 1.50 bits per heavy atom. The molecule has 28 heavy (non-hydrogen) atoms. The van der Waals surface area contributed by atoms with Crippen LogP contribution < -0.4 is 21.7 Å². The van der Waals surface area contributed by atoms with Crippen molar-refractivity contribution >= 4 is 34.8 Å². The van der Waals surface area contributed by atoms with Crippen molar-refractivity contribution in [3.8, 4) is 0 Å². The maximum absolute atomic E-state index is 12.3. The van der Waals surface area contributed by atoms with Crippen LogP contribution in [-0.2, 0) is 0 Å². The number of pyridine rings is 1. The van der Waals surface area contributed by atoms with Gasteiger partial charge in [-0.3, -0.25) is 14.4 Å². The summed E-state index contributed by atoms with van der Waals surface area (Å²) in [4.78, 5) is 46.7. The van der Waals surface area contributed by atoms with Gasteiger partial charge in [-0.05, 0) is 36.4 Å². The second-order valence-electron chi connectivity index (χ2n) is 5.63. The van der Waals surface area contributed by atoms with Crippen LogP contribution in [0.25, 0.3) is 0 Å². The van der Waals surface area contributed by atoms with E-state index in [0.29, 0.717) is 11.4 Å². The summed E-state index contributed by atoms with van der Waals surface area (Å²) in [5.74, 6) is -1.44. The average molecular weight is 379 g/mol. The van der Waals surface area contributed by atoms with Gasteiger partial charge in [0.2, 0.25) is 0 Å². The Bertz CT molecular complexity index is 1030. The summed E-state index contributed by atoms with van der Waals surface area (Å²) in [6.45, 7) is 0. The van der Waals surface area contributed by atoms with Crippen molar-refractivity contribution in [2.75, 3.05) is 23.4 Å². The summed E-state index contributed by atoms with van der Waals surface area (Å²) < 4.78 is 0. The minimum absolute atomic E-state index is 0.0256. The van der Waals surface area contributed by atoms with Crippen molar-refractivity contribution in [3.63, 3.8) is 0 Å². The van der Waals surface area contributed by atoms with Crippen LogP contribution in [0.3, 0.4) is 0 Å². The summed E-state index contributed by atoms with van der Waals surface area (Å²) in [5.41, 5.74) is 7.14. The van der Waals surface area contributed by atoms with Crippen LogP contribution >= 0.6 is 0 Å². The number of carbonyl (C=O) groups is 3. The molecule has 1 aromatic carbocycles. The maximum atomic E-state index is 12.3. The zero-order chi connectivity index (χ0) is 20.1. The van der Waals surface area contributed by atoms with Crippen molar-refractivity contribution in [1.82, 2.24) is 20.3 Å². The maximum Gasteiger partial charge on any atom is 0.276 e. The zero-order valence-electron chi connectivity index (χ0n) is 14.8. The first kappa shape index (κ1) is 18.6. The number of amides is 3. The average Bonchev–Trinajstić information content (AvgIpc) is 3.19. The van der Waals surface area contributed by atoms with Crippen molar-refractivity contribution in [2.45, 2.75) is 0 Å². The summed E-state index contributed by atoms with van der Waals surface area (Å²) in [5, 5.41) is 7.74. The van der Waals surface area contributed by atoms with Gasteiger partial charge in [-0.1, -0.05) is 0 Å². The number of rotatable bonds is 5. The second kappa shape index (κ2) is 7.99. The molecule has 2 heterocycles. The van der Waals surface area contributed by atoms with Crippen LogP contribution in [0.5, 0.6) is 0 Å². The third kappa shape index (κ3) is 3.96. The fourth-order valence-electron chi connectivity index (χ4n) is 2.39. The molecule has 10 nitrogen and oxygen atoms in total. The van der Waals surface area contributed by atoms with E-state index < -0.39 is 17.7 Å². The van der Waals surface area contributed by atoms with Gasteiger partial charge in [0.05, 0.1) is 12.0 Å². The number of aromatic nitrogens is 3. The molecule has 0 aliphatic rings. The lowest BCUT2D eigenvalue weighted by Crippen LogP contribution is -2.23. The predicted octanol–water partition coefficient (Wildman–Crippen LogP) is 1.25. The highest BCUT2D eigenvalue weighted by atomic mass is 16.2. The van der Waals surface area contributed by atoms with E-state index in [1.165, 1.54) is 19.6 Å². The number of nitrogen functional groups attached to an aromatic ring is 1. The Morgan fingerprint density at radius 1 is 0.893 bits per heavy atom. The number of aromatic amines is 1. The fraction of sp³-hybridized carbons (Fsp3) is 0.0556. The van der Waals surface area contributed by atoms with Gasteiger partial charge < -0.3 is 26.7 Å². The molecule has 10 heteroatoms. The first-order valence-corrected chi connectivity index (χ1v) is 8.18. The van der Waals surface area contributed by atoms with Crippen molar-refractivity contribution in [2.24, 2.45) is 0 Å². The fourth-order valence-corrected chi connectivity index (χ4v) is 2.39. The number of nitrogens with two attached hydrogens (primary N) is 1. The molecule has 0 aliphatic heterocycles. The number of nitrogens with zero attached hydrogens (tertiary/aromatic N) is 2. The molecule has 0 bridgehead atoms. The molecule has 142 valence electrons. The van der Waals surface area contributed by atoms with Crippen LogP contribution in [0, 0.1) is 0 Å². The Kier molecular flexibility index (Phi) is 5.30. The third-order valence-electron chi connectivity index (χ3n) is 3.76. The Balaban J connectivity index is 1.67. The second-order valence-corrected chi connectivity index (χ2v) is 5.63. The molecule has 0 aliphatic carbocycles. The standard InChI is InChI=1S/C18H17N7O3/c1-20-16(26)14-15(23-9-22-14)18(28)25-11-6-4-10(5-7-11)24-17(27)13-12(19)3-2-8-21-13/h2-9H,19H2,1H3,(H,20,26)(H,22,23)(H,24,27)(H,25,28). The molecule has 0 fully saturated rings. The van der Waals surface area contributed by atoms with Gasteiger partial charge >= 0.3 is 0 Å². The van der Waals surface area contributed by atoms with E-state index in [1.807, 2.05) is 0 Å². The van der Waals surface area contributed by atoms with Gasteiger partial charge in [0, 0.05) is 24.6 Å². The molecule has 0 saturated carbocycles. The first-order valence-electron chi connectivity index (χ1n) is 8.18. The van der Waals surface area contributed by atoms with E-state index in [0.717, 1.165) is 0 Å². The van der Waals surface area contributed by atoms with E-state index >= 15 is 0 Å². The Hall–Kier alpha value is -4.21. The Labute approximate surface area is 159 Å². The van der Waals surface area contributed by atoms with Gasteiger partial charge in [-0.2, -0.15) is 0 Å². The molecule has 0 spiro atoms. The van der Waals surface area contributed by atoms with Crippen LogP contribution in [0.4, 0.5) is 17.1 Å². The SMILES string of the molecule is CNC(=O)c1[nH]cnc1C(=O)Nc1ccc(NC(=O)c2ncccc2N)cc1. The molecule has 0 saturated heterocycles. The van der Waals surface area contributed by atoms with E-state index in [1.54, 1.807) is 36.4 Å². The molecule has 3 rings (SSSR count). The number of anilines is 3. The summed E-state index contributed by atoms with van der Waals surface area (Å²) in [7, 11) is 1.45. The van der Waals surface area contributed by atoms with Gasteiger partial charge in [0.15, 0.2) is 11.4 Å².